The second-order valence-electron chi connectivity index (χ2n) is 6.07. The number of aliphatic imine (C=N–C) groups is 1. The monoisotopic (exact) mass is 282 g/mol. The molecule has 1 aliphatic heterocycles. The number of nitrogens with zero attached hydrogens (tertiary/aromatic N) is 2. The number of amidine groups is 1. The molecule has 5 nitrogen and oxygen atoms in total. The lowest BCUT2D eigenvalue weighted by molar-refractivity contribution is 0.258. The van der Waals surface area contributed by atoms with Crippen LogP contribution in [0, 0.1) is 13.8 Å². The van der Waals surface area contributed by atoms with E-state index < -0.39 is 0 Å². The first kappa shape index (κ1) is 12.4. The molecule has 2 aliphatic rings. The van der Waals surface area contributed by atoms with Crippen molar-refractivity contribution >= 4 is 6.02 Å². The van der Waals surface area contributed by atoms with Crippen LogP contribution in [-0.2, 0) is 17.6 Å². The van der Waals surface area contributed by atoms with Gasteiger partial charge in [0.05, 0.1) is 5.69 Å². The Balaban J connectivity index is 1.84. The highest BCUT2D eigenvalue weighted by Gasteiger charge is 2.43. The zero-order valence-corrected chi connectivity index (χ0v) is 12.2. The first-order chi connectivity index (χ1) is 10.1. The second kappa shape index (κ2) is 4.10. The van der Waals surface area contributed by atoms with Crippen LogP contribution in [0.1, 0.15) is 22.5 Å². The predicted octanol–water partition coefficient (Wildman–Crippen LogP) is 1.88. The molecule has 108 valence electrons. The SMILES string of the molecule is Cc1n[nH]c(C)c1-c1cccc2c1CC1(COC(N)=N1)C2. The van der Waals surface area contributed by atoms with Gasteiger partial charge in [-0.25, -0.2) is 4.99 Å². The first-order valence-electron chi connectivity index (χ1n) is 7.19. The Labute approximate surface area is 123 Å². The number of fused-ring (bicyclic) bond motifs is 1. The van der Waals surface area contributed by atoms with Crippen molar-refractivity contribution in [3.63, 3.8) is 0 Å². The van der Waals surface area contributed by atoms with E-state index in [9.17, 15) is 0 Å². The summed E-state index contributed by atoms with van der Waals surface area (Å²) in [6.45, 7) is 4.68. The molecule has 0 amide bonds. The highest BCUT2D eigenvalue weighted by Crippen LogP contribution is 2.41. The van der Waals surface area contributed by atoms with Gasteiger partial charge in [0, 0.05) is 24.1 Å². The topological polar surface area (TPSA) is 76.3 Å². The maximum Gasteiger partial charge on any atom is 0.282 e. The minimum absolute atomic E-state index is 0.200. The van der Waals surface area contributed by atoms with Crippen molar-refractivity contribution in [3.8, 4) is 11.1 Å². The number of benzene rings is 1. The number of aromatic nitrogens is 2. The summed E-state index contributed by atoms with van der Waals surface area (Å²) in [6.07, 6.45) is 1.77. The van der Waals surface area contributed by atoms with Gasteiger partial charge >= 0.3 is 0 Å². The highest BCUT2D eigenvalue weighted by atomic mass is 16.5. The number of nitrogens with one attached hydrogen (secondary N) is 1. The Morgan fingerprint density at radius 3 is 2.81 bits per heavy atom. The Morgan fingerprint density at radius 1 is 1.29 bits per heavy atom. The smallest absolute Gasteiger partial charge is 0.282 e. The number of nitrogens with two attached hydrogens (primary N) is 1. The molecule has 0 saturated carbocycles. The Kier molecular flexibility index (Phi) is 2.43. The van der Waals surface area contributed by atoms with E-state index in [2.05, 4.69) is 40.3 Å². The number of hydrogen-bond donors (Lipinski definition) is 2. The standard InChI is InChI=1S/C16H18N4O/c1-9-14(10(2)20-19-9)12-5-3-4-11-6-16(7-13(11)12)8-21-15(17)18-16/h3-5H,6-8H2,1-2H3,(H2,17,18)(H,19,20). The molecule has 1 aromatic heterocycles. The molecule has 1 atom stereocenters. The van der Waals surface area contributed by atoms with Gasteiger partial charge in [-0.05, 0) is 30.5 Å². The molecule has 2 heterocycles. The third kappa shape index (κ3) is 1.77. The quantitative estimate of drug-likeness (QED) is 0.838. The molecule has 21 heavy (non-hydrogen) atoms. The highest BCUT2D eigenvalue weighted by molar-refractivity contribution is 5.76. The van der Waals surface area contributed by atoms with Gasteiger partial charge in [0.2, 0.25) is 0 Å². The largest absolute Gasteiger partial charge is 0.463 e. The van der Waals surface area contributed by atoms with Crippen LogP contribution in [0.2, 0.25) is 0 Å². The van der Waals surface area contributed by atoms with E-state index in [4.69, 9.17) is 10.5 Å². The Bertz CT molecular complexity index is 742. The summed E-state index contributed by atoms with van der Waals surface area (Å²) in [4.78, 5) is 4.55. The van der Waals surface area contributed by atoms with Crippen LogP contribution in [0.5, 0.6) is 0 Å². The summed E-state index contributed by atoms with van der Waals surface area (Å²) in [5.41, 5.74) is 12.8. The maximum absolute atomic E-state index is 5.72. The Morgan fingerprint density at radius 2 is 2.14 bits per heavy atom. The Hall–Kier alpha value is -2.30. The number of hydrogen-bond acceptors (Lipinski definition) is 4. The van der Waals surface area contributed by atoms with Crippen LogP contribution in [0.3, 0.4) is 0 Å². The first-order valence-corrected chi connectivity index (χ1v) is 7.19. The van der Waals surface area contributed by atoms with Crippen molar-refractivity contribution in [3.05, 3.63) is 40.7 Å². The van der Waals surface area contributed by atoms with Crippen LogP contribution < -0.4 is 5.73 Å². The lowest BCUT2D eigenvalue weighted by atomic mass is 9.94. The van der Waals surface area contributed by atoms with E-state index in [1.54, 1.807) is 0 Å². The summed E-state index contributed by atoms with van der Waals surface area (Å²) < 4.78 is 5.41. The molecule has 5 heteroatoms. The summed E-state index contributed by atoms with van der Waals surface area (Å²) in [5, 5.41) is 7.39. The summed E-state index contributed by atoms with van der Waals surface area (Å²) in [5.74, 6) is 0. The number of H-pyrrole nitrogens is 1. The van der Waals surface area contributed by atoms with Gasteiger partial charge in [-0.2, -0.15) is 5.10 Å². The van der Waals surface area contributed by atoms with Gasteiger partial charge in [-0.1, -0.05) is 18.2 Å². The summed E-state index contributed by atoms with van der Waals surface area (Å²) in [6, 6.07) is 6.79. The number of ether oxygens (including phenoxy) is 1. The fourth-order valence-electron chi connectivity index (χ4n) is 3.62. The molecule has 0 saturated heterocycles. The average Bonchev–Trinajstić information content (AvgIpc) is 3.09. The van der Waals surface area contributed by atoms with Crippen molar-refractivity contribution in [1.82, 2.24) is 10.2 Å². The molecule has 2 aromatic rings. The van der Waals surface area contributed by atoms with Gasteiger partial charge in [-0.3, -0.25) is 5.10 Å². The fourth-order valence-corrected chi connectivity index (χ4v) is 3.62. The van der Waals surface area contributed by atoms with E-state index in [-0.39, 0.29) is 5.54 Å². The molecule has 0 fully saturated rings. The van der Waals surface area contributed by atoms with Crippen molar-refractivity contribution in [2.24, 2.45) is 10.7 Å². The van der Waals surface area contributed by atoms with E-state index in [0.29, 0.717) is 12.6 Å². The minimum Gasteiger partial charge on any atom is -0.463 e. The van der Waals surface area contributed by atoms with Crippen LogP contribution in [0.4, 0.5) is 0 Å². The molecule has 0 bridgehead atoms. The predicted molar refractivity (Wildman–Crippen MR) is 81.2 cm³/mol. The maximum atomic E-state index is 5.72. The zero-order chi connectivity index (χ0) is 14.6. The molecule has 1 unspecified atom stereocenters. The van der Waals surface area contributed by atoms with E-state index in [1.807, 2.05) is 6.92 Å². The van der Waals surface area contributed by atoms with Crippen LogP contribution in [0.15, 0.2) is 23.2 Å². The average molecular weight is 282 g/mol. The second-order valence-corrected chi connectivity index (χ2v) is 6.07. The normalized spacial score (nSPS) is 23.2. The molecular formula is C16H18N4O. The van der Waals surface area contributed by atoms with Crippen molar-refractivity contribution < 1.29 is 4.74 Å². The van der Waals surface area contributed by atoms with E-state index >= 15 is 0 Å². The lowest BCUT2D eigenvalue weighted by Gasteiger charge is -2.15. The minimum atomic E-state index is -0.200. The third-order valence-electron chi connectivity index (χ3n) is 4.53. The van der Waals surface area contributed by atoms with Gasteiger partial charge < -0.3 is 10.5 Å². The van der Waals surface area contributed by atoms with Crippen molar-refractivity contribution in [2.75, 3.05) is 6.61 Å². The van der Waals surface area contributed by atoms with E-state index in [1.165, 1.54) is 22.3 Å². The molecule has 3 N–H and O–H groups in total. The molecule has 4 rings (SSSR count). The van der Waals surface area contributed by atoms with E-state index in [0.717, 1.165) is 24.2 Å². The van der Waals surface area contributed by atoms with Gasteiger partial charge in [0.1, 0.15) is 12.1 Å². The summed E-state index contributed by atoms with van der Waals surface area (Å²) >= 11 is 0. The molecule has 1 aliphatic carbocycles. The fraction of sp³-hybridized carbons (Fsp3) is 0.375. The molecule has 1 aromatic carbocycles. The van der Waals surface area contributed by atoms with Crippen molar-refractivity contribution in [2.45, 2.75) is 32.2 Å². The lowest BCUT2D eigenvalue weighted by Crippen LogP contribution is -2.28. The zero-order valence-electron chi connectivity index (χ0n) is 12.2. The van der Waals surface area contributed by atoms with Gasteiger partial charge in [-0.15, -0.1) is 0 Å². The number of aromatic amines is 1. The molecule has 0 radical (unpaired) electrons. The number of rotatable bonds is 1. The molecule has 1 spiro atoms. The van der Waals surface area contributed by atoms with Crippen LogP contribution in [0.25, 0.3) is 11.1 Å². The third-order valence-corrected chi connectivity index (χ3v) is 4.53. The van der Waals surface area contributed by atoms with Gasteiger partial charge in [0.15, 0.2) is 0 Å². The number of aryl methyl sites for hydroxylation is 2. The molecular weight excluding hydrogens is 264 g/mol. The van der Waals surface area contributed by atoms with Gasteiger partial charge in [0.25, 0.3) is 6.02 Å². The van der Waals surface area contributed by atoms with Crippen LogP contribution in [-0.4, -0.2) is 28.4 Å². The van der Waals surface area contributed by atoms with Crippen molar-refractivity contribution in [1.29, 1.82) is 0 Å². The van der Waals surface area contributed by atoms with Crippen LogP contribution >= 0.6 is 0 Å². The summed E-state index contributed by atoms with van der Waals surface area (Å²) in [7, 11) is 0.